The van der Waals surface area contributed by atoms with E-state index in [1.165, 1.54) is 6.42 Å². The van der Waals surface area contributed by atoms with Crippen LogP contribution >= 0.6 is 0 Å². The van der Waals surface area contributed by atoms with Crippen LogP contribution in [0.2, 0.25) is 0 Å². The van der Waals surface area contributed by atoms with Gasteiger partial charge in [0.15, 0.2) is 5.78 Å². The van der Waals surface area contributed by atoms with Gasteiger partial charge in [0.05, 0.1) is 6.10 Å². The molecule has 0 amide bonds. The number of carbonyl (C=O) groups excluding carboxylic acids is 1. The number of carboxylic acid groups (broad SMARTS) is 1. The van der Waals surface area contributed by atoms with Crippen LogP contribution in [0.3, 0.4) is 0 Å². The van der Waals surface area contributed by atoms with E-state index in [4.69, 9.17) is 15.6 Å². The van der Waals surface area contributed by atoms with Crippen LogP contribution in [-0.2, 0) is 16.0 Å². The summed E-state index contributed by atoms with van der Waals surface area (Å²) >= 11 is 0. The van der Waals surface area contributed by atoms with Gasteiger partial charge in [-0.3, -0.25) is 9.59 Å². The third-order valence-electron chi connectivity index (χ3n) is 4.71. The molecule has 1 heterocycles. The average molecular weight is 303 g/mol. The van der Waals surface area contributed by atoms with Crippen LogP contribution in [0.15, 0.2) is 24.3 Å². The molecule has 118 valence electrons. The van der Waals surface area contributed by atoms with Gasteiger partial charge in [-0.05, 0) is 36.7 Å². The van der Waals surface area contributed by atoms with E-state index >= 15 is 0 Å². The molecule has 0 bridgehead atoms. The topological polar surface area (TPSA) is 89.6 Å². The smallest absolute Gasteiger partial charge is 0.320 e. The molecule has 1 aromatic carbocycles. The minimum Gasteiger partial charge on any atom is -0.480 e. The van der Waals surface area contributed by atoms with Crippen LogP contribution in [0.4, 0.5) is 0 Å². The number of hydrogen-bond acceptors (Lipinski definition) is 4. The van der Waals surface area contributed by atoms with Gasteiger partial charge in [-0.2, -0.15) is 0 Å². The van der Waals surface area contributed by atoms with Crippen molar-refractivity contribution in [1.82, 2.24) is 0 Å². The molecular formula is C17H21NO4. The first kappa shape index (κ1) is 15.2. The molecule has 0 radical (unpaired) electrons. The van der Waals surface area contributed by atoms with Crippen LogP contribution in [0, 0.1) is 11.8 Å². The Morgan fingerprint density at radius 2 is 2.05 bits per heavy atom. The van der Waals surface area contributed by atoms with Crippen molar-refractivity contribution in [2.45, 2.75) is 37.8 Å². The van der Waals surface area contributed by atoms with E-state index in [9.17, 15) is 9.59 Å². The number of rotatable bonds is 6. The van der Waals surface area contributed by atoms with Crippen LogP contribution in [-0.4, -0.2) is 35.6 Å². The number of nitrogens with two attached hydrogens (primary N) is 1. The maximum Gasteiger partial charge on any atom is 0.320 e. The molecule has 0 spiro atoms. The summed E-state index contributed by atoms with van der Waals surface area (Å²) in [4.78, 5) is 23.1. The van der Waals surface area contributed by atoms with Crippen molar-refractivity contribution >= 4 is 11.8 Å². The number of benzene rings is 1. The van der Waals surface area contributed by atoms with Crippen LogP contribution in [0.1, 0.15) is 35.2 Å². The third kappa shape index (κ3) is 3.36. The molecule has 22 heavy (non-hydrogen) atoms. The van der Waals surface area contributed by atoms with Crippen molar-refractivity contribution in [1.29, 1.82) is 0 Å². The van der Waals surface area contributed by atoms with E-state index in [0.717, 1.165) is 24.5 Å². The third-order valence-corrected chi connectivity index (χ3v) is 4.71. The largest absolute Gasteiger partial charge is 0.480 e. The lowest BCUT2D eigenvalue weighted by atomic mass is 9.98. The van der Waals surface area contributed by atoms with Gasteiger partial charge < -0.3 is 15.6 Å². The van der Waals surface area contributed by atoms with E-state index < -0.39 is 12.0 Å². The van der Waals surface area contributed by atoms with Gasteiger partial charge in [0.1, 0.15) is 6.04 Å². The number of ether oxygens (including phenoxy) is 1. The second-order valence-corrected chi connectivity index (χ2v) is 6.33. The highest BCUT2D eigenvalue weighted by Crippen LogP contribution is 2.48. The number of ketones is 1. The molecule has 4 atom stereocenters. The van der Waals surface area contributed by atoms with E-state index in [-0.39, 0.29) is 18.3 Å². The Hall–Kier alpha value is -1.72. The zero-order valence-corrected chi connectivity index (χ0v) is 12.4. The number of fused-ring (bicyclic) bond motifs is 1. The van der Waals surface area contributed by atoms with Crippen molar-refractivity contribution in [3.63, 3.8) is 0 Å². The van der Waals surface area contributed by atoms with Crippen LogP contribution in [0.25, 0.3) is 0 Å². The number of aliphatic carboxylic acids is 1. The van der Waals surface area contributed by atoms with E-state index in [2.05, 4.69) is 0 Å². The molecule has 1 aliphatic carbocycles. The summed E-state index contributed by atoms with van der Waals surface area (Å²) in [5.74, 6) is 0.414. The summed E-state index contributed by atoms with van der Waals surface area (Å²) in [7, 11) is 0. The zero-order chi connectivity index (χ0) is 15.7. The molecule has 5 nitrogen and oxygen atoms in total. The Kier molecular flexibility index (Phi) is 4.27. The molecule has 3 unspecified atom stereocenters. The first-order valence-corrected chi connectivity index (χ1v) is 7.76. The van der Waals surface area contributed by atoms with Crippen molar-refractivity contribution < 1.29 is 19.4 Å². The lowest BCUT2D eigenvalue weighted by Gasteiger charge is -2.21. The van der Waals surface area contributed by atoms with Gasteiger partial charge in [0, 0.05) is 18.6 Å². The zero-order valence-electron chi connectivity index (χ0n) is 12.4. The second kappa shape index (κ2) is 6.18. The Morgan fingerprint density at radius 1 is 1.32 bits per heavy atom. The SMILES string of the molecule is NC(Cc1ccc(C(=O)CC2OCC[C@@H]3CC23)cc1)C(=O)O. The summed E-state index contributed by atoms with van der Waals surface area (Å²) < 4.78 is 5.72. The van der Waals surface area contributed by atoms with E-state index in [0.29, 0.717) is 17.9 Å². The molecule has 0 aromatic heterocycles. The van der Waals surface area contributed by atoms with Crippen molar-refractivity contribution in [2.75, 3.05) is 6.61 Å². The number of carboxylic acids is 1. The van der Waals surface area contributed by atoms with Gasteiger partial charge in [0.25, 0.3) is 0 Å². The minimum atomic E-state index is -1.02. The Balaban J connectivity index is 1.57. The monoisotopic (exact) mass is 303 g/mol. The van der Waals surface area contributed by atoms with E-state index in [1.54, 1.807) is 24.3 Å². The summed E-state index contributed by atoms with van der Waals surface area (Å²) in [6.45, 7) is 0.769. The van der Waals surface area contributed by atoms with Gasteiger partial charge in [-0.1, -0.05) is 24.3 Å². The normalized spacial score (nSPS) is 27.8. The first-order valence-electron chi connectivity index (χ1n) is 7.76. The van der Waals surface area contributed by atoms with Crippen molar-refractivity contribution in [3.8, 4) is 0 Å². The first-order chi connectivity index (χ1) is 10.5. The fourth-order valence-corrected chi connectivity index (χ4v) is 3.23. The quantitative estimate of drug-likeness (QED) is 0.780. The fraction of sp³-hybridized carbons (Fsp3) is 0.529. The molecule has 1 saturated heterocycles. The standard InChI is InChI=1S/C17H21NO4/c18-14(17(20)21)7-10-1-3-11(4-2-10)15(19)9-16-13-8-12(13)5-6-22-16/h1-4,12-14,16H,5-9,18H2,(H,20,21)/t12-,13?,14?,16?/m1/s1. The van der Waals surface area contributed by atoms with Gasteiger partial charge in [-0.25, -0.2) is 0 Å². The second-order valence-electron chi connectivity index (χ2n) is 6.33. The molecule has 3 rings (SSSR count). The fourth-order valence-electron chi connectivity index (χ4n) is 3.23. The Bertz CT molecular complexity index is 569. The molecular weight excluding hydrogens is 282 g/mol. The van der Waals surface area contributed by atoms with Crippen molar-refractivity contribution in [2.24, 2.45) is 17.6 Å². The lowest BCUT2D eigenvalue weighted by molar-refractivity contribution is -0.138. The van der Waals surface area contributed by atoms with Crippen molar-refractivity contribution in [3.05, 3.63) is 35.4 Å². The molecule has 1 aromatic rings. The van der Waals surface area contributed by atoms with Gasteiger partial charge in [0.2, 0.25) is 0 Å². The minimum absolute atomic E-state index is 0.0753. The van der Waals surface area contributed by atoms with Gasteiger partial charge in [-0.15, -0.1) is 0 Å². The number of carbonyl (C=O) groups is 2. The predicted molar refractivity (Wildman–Crippen MR) is 80.7 cm³/mol. The maximum atomic E-state index is 12.3. The van der Waals surface area contributed by atoms with Gasteiger partial charge >= 0.3 is 5.97 Å². The highest BCUT2D eigenvalue weighted by molar-refractivity contribution is 5.96. The summed E-state index contributed by atoms with van der Waals surface area (Å²) in [6.07, 6.45) is 3.11. The molecule has 2 fully saturated rings. The van der Waals surface area contributed by atoms with Crippen LogP contribution < -0.4 is 5.73 Å². The van der Waals surface area contributed by atoms with Crippen LogP contribution in [0.5, 0.6) is 0 Å². The molecule has 1 aliphatic heterocycles. The molecule has 1 saturated carbocycles. The molecule has 5 heteroatoms. The highest BCUT2D eigenvalue weighted by Gasteiger charge is 2.46. The summed E-state index contributed by atoms with van der Waals surface area (Å²) in [5, 5.41) is 8.80. The Labute approximate surface area is 129 Å². The summed E-state index contributed by atoms with van der Waals surface area (Å²) in [5.41, 5.74) is 6.98. The predicted octanol–water partition coefficient (Wildman–Crippen LogP) is 1.64. The molecule has 2 aliphatic rings. The summed E-state index contributed by atoms with van der Waals surface area (Å²) in [6, 6.07) is 6.14. The maximum absolute atomic E-state index is 12.3. The number of Topliss-reactive ketones (excluding diaryl/α,β-unsaturated/α-hetero) is 1. The molecule has 3 N–H and O–H groups in total. The highest BCUT2D eigenvalue weighted by atomic mass is 16.5. The van der Waals surface area contributed by atoms with E-state index in [1.807, 2.05) is 0 Å². The number of hydrogen-bond donors (Lipinski definition) is 2. The Morgan fingerprint density at radius 3 is 2.73 bits per heavy atom. The average Bonchev–Trinajstić information content (AvgIpc) is 3.28. The lowest BCUT2D eigenvalue weighted by Crippen LogP contribution is -2.32.